The molecule has 8 nitrogen and oxygen atoms in total. The highest BCUT2D eigenvalue weighted by Crippen LogP contribution is 2.21. The first kappa shape index (κ1) is 19.1. The second-order valence-electron chi connectivity index (χ2n) is 5.89. The summed E-state index contributed by atoms with van der Waals surface area (Å²) in [5, 5.41) is 16.2. The minimum absolute atomic E-state index is 0.0235. The van der Waals surface area contributed by atoms with Crippen molar-refractivity contribution in [2.24, 2.45) is 0 Å². The van der Waals surface area contributed by atoms with E-state index in [4.69, 9.17) is 0 Å². The molecule has 2 aromatic carbocycles. The van der Waals surface area contributed by atoms with E-state index < -0.39 is 4.92 Å². The van der Waals surface area contributed by atoms with Gasteiger partial charge in [0, 0.05) is 17.8 Å². The highest BCUT2D eigenvalue weighted by Gasteiger charge is 2.14. The van der Waals surface area contributed by atoms with Crippen molar-refractivity contribution in [3.63, 3.8) is 0 Å². The number of para-hydroxylation sites is 1. The highest BCUT2D eigenvalue weighted by atomic mass is 16.6. The highest BCUT2D eigenvalue weighted by molar-refractivity contribution is 5.95. The number of carbonyl (C=O) groups is 2. The number of anilines is 2. The lowest BCUT2D eigenvalue weighted by Crippen LogP contribution is -2.36. The topological polar surface area (TPSA) is 105 Å². The molecule has 26 heavy (non-hydrogen) atoms. The summed E-state index contributed by atoms with van der Waals surface area (Å²) in [6, 6.07) is 13.3. The third kappa shape index (κ3) is 5.67. The summed E-state index contributed by atoms with van der Waals surface area (Å²) in [4.78, 5) is 36.0. The lowest BCUT2D eigenvalue weighted by Gasteiger charge is -2.16. The zero-order chi connectivity index (χ0) is 19.1. The van der Waals surface area contributed by atoms with Crippen molar-refractivity contribution in [3.05, 3.63) is 64.2 Å². The fraction of sp³-hybridized carbons (Fsp3) is 0.222. The predicted octanol–water partition coefficient (Wildman–Crippen LogP) is 2.41. The third-order valence-corrected chi connectivity index (χ3v) is 3.59. The second-order valence-corrected chi connectivity index (χ2v) is 5.89. The first-order valence-electron chi connectivity index (χ1n) is 7.93. The quantitative estimate of drug-likeness (QED) is 0.585. The average Bonchev–Trinajstić information content (AvgIpc) is 2.57. The Labute approximate surface area is 151 Å². The molecule has 0 fully saturated rings. The van der Waals surface area contributed by atoms with Gasteiger partial charge in [0.05, 0.1) is 23.7 Å². The van der Waals surface area contributed by atoms with Crippen LogP contribution in [0, 0.1) is 17.0 Å². The summed E-state index contributed by atoms with van der Waals surface area (Å²) in [6.07, 6.45) is 0. The van der Waals surface area contributed by atoms with E-state index in [1.165, 1.54) is 12.1 Å². The van der Waals surface area contributed by atoms with E-state index >= 15 is 0 Å². The standard InChI is InChI=1S/C18H20N4O4/c1-13-8-9-15(22(25)26)10-16(13)20-18(24)12-21(2)11-17(23)19-14-6-4-3-5-7-14/h3-10H,11-12H2,1-2H3,(H,19,23)(H,20,24). The number of non-ortho nitro benzene ring substituents is 1. The van der Waals surface area contributed by atoms with Crippen LogP contribution in [0.25, 0.3) is 0 Å². The van der Waals surface area contributed by atoms with E-state index in [0.717, 1.165) is 0 Å². The molecule has 0 aliphatic heterocycles. The summed E-state index contributed by atoms with van der Waals surface area (Å²) in [5.74, 6) is -0.596. The van der Waals surface area contributed by atoms with Crippen LogP contribution in [-0.2, 0) is 9.59 Å². The Morgan fingerprint density at radius 1 is 1.04 bits per heavy atom. The smallest absolute Gasteiger partial charge is 0.271 e. The van der Waals surface area contributed by atoms with Gasteiger partial charge in [-0.2, -0.15) is 0 Å². The molecule has 0 saturated heterocycles. The van der Waals surface area contributed by atoms with Crippen LogP contribution in [0.4, 0.5) is 17.1 Å². The Bertz CT molecular complexity index is 808. The maximum atomic E-state index is 12.1. The van der Waals surface area contributed by atoms with Crippen LogP contribution in [0.5, 0.6) is 0 Å². The van der Waals surface area contributed by atoms with Crippen molar-refractivity contribution in [2.45, 2.75) is 6.92 Å². The number of nitrogens with one attached hydrogen (secondary N) is 2. The van der Waals surface area contributed by atoms with Crippen molar-refractivity contribution in [2.75, 3.05) is 30.8 Å². The molecule has 0 bridgehead atoms. The van der Waals surface area contributed by atoms with Crippen molar-refractivity contribution >= 4 is 28.9 Å². The van der Waals surface area contributed by atoms with Crippen LogP contribution >= 0.6 is 0 Å². The first-order valence-corrected chi connectivity index (χ1v) is 7.93. The number of carbonyl (C=O) groups excluding carboxylic acids is 2. The number of nitrogens with zero attached hydrogens (tertiary/aromatic N) is 2. The average molecular weight is 356 g/mol. The Morgan fingerprint density at radius 2 is 1.65 bits per heavy atom. The zero-order valence-corrected chi connectivity index (χ0v) is 14.6. The normalized spacial score (nSPS) is 10.4. The molecule has 0 spiro atoms. The molecule has 0 aliphatic rings. The number of benzene rings is 2. The monoisotopic (exact) mass is 356 g/mol. The van der Waals surface area contributed by atoms with Crippen molar-refractivity contribution in [3.8, 4) is 0 Å². The number of rotatable bonds is 7. The van der Waals surface area contributed by atoms with E-state index in [0.29, 0.717) is 16.9 Å². The summed E-state index contributed by atoms with van der Waals surface area (Å²) in [6.45, 7) is 1.76. The van der Waals surface area contributed by atoms with Crippen LogP contribution in [0.15, 0.2) is 48.5 Å². The molecule has 8 heteroatoms. The first-order chi connectivity index (χ1) is 12.3. The fourth-order valence-corrected chi connectivity index (χ4v) is 2.32. The third-order valence-electron chi connectivity index (χ3n) is 3.59. The largest absolute Gasteiger partial charge is 0.325 e. The number of hydrogen-bond acceptors (Lipinski definition) is 5. The van der Waals surface area contributed by atoms with E-state index in [2.05, 4.69) is 10.6 Å². The SMILES string of the molecule is Cc1ccc([N+](=O)[O-])cc1NC(=O)CN(C)CC(=O)Nc1ccccc1. The van der Waals surface area contributed by atoms with Crippen LogP contribution in [-0.4, -0.2) is 41.8 Å². The minimum Gasteiger partial charge on any atom is -0.325 e. The van der Waals surface area contributed by atoms with Crippen LogP contribution in [0.3, 0.4) is 0 Å². The van der Waals surface area contributed by atoms with Crippen molar-refractivity contribution < 1.29 is 14.5 Å². The molecule has 2 N–H and O–H groups in total. The lowest BCUT2D eigenvalue weighted by atomic mass is 10.2. The van der Waals surface area contributed by atoms with Gasteiger partial charge in [-0.15, -0.1) is 0 Å². The van der Waals surface area contributed by atoms with Crippen molar-refractivity contribution in [1.29, 1.82) is 0 Å². The molecule has 2 rings (SSSR count). The van der Waals surface area contributed by atoms with E-state index in [1.54, 1.807) is 37.1 Å². The number of nitro groups is 1. The fourth-order valence-electron chi connectivity index (χ4n) is 2.32. The molecule has 136 valence electrons. The number of nitro benzene ring substituents is 1. The maximum Gasteiger partial charge on any atom is 0.271 e. The Morgan fingerprint density at radius 3 is 2.27 bits per heavy atom. The second kappa shape index (κ2) is 8.72. The summed E-state index contributed by atoms with van der Waals surface area (Å²) >= 11 is 0. The molecule has 2 amide bonds. The van der Waals surface area contributed by atoms with Gasteiger partial charge in [0.2, 0.25) is 11.8 Å². The van der Waals surface area contributed by atoms with Gasteiger partial charge >= 0.3 is 0 Å². The van der Waals surface area contributed by atoms with Crippen molar-refractivity contribution in [1.82, 2.24) is 4.90 Å². The zero-order valence-electron chi connectivity index (χ0n) is 14.6. The molecule has 0 aromatic heterocycles. The van der Waals surface area contributed by atoms with Gasteiger partial charge in [-0.05, 0) is 31.7 Å². The Kier molecular flexibility index (Phi) is 6.40. The number of aryl methyl sites for hydroxylation is 1. The number of hydrogen-bond donors (Lipinski definition) is 2. The van der Waals surface area contributed by atoms with Gasteiger partial charge in [0.25, 0.3) is 5.69 Å². The molecule has 0 unspecified atom stereocenters. The lowest BCUT2D eigenvalue weighted by molar-refractivity contribution is -0.384. The van der Waals surface area contributed by atoms with Gasteiger partial charge in [-0.3, -0.25) is 24.6 Å². The molecule has 0 heterocycles. The molecule has 0 saturated carbocycles. The summed E-state index contributed by atoms with van der Waals surface area (Å²) in [7, 11) is 1.64. The molecular formula is C18H20N4O4. The van der Waals surface area contributed by atoms with Gasteiger partial charge < -0.3 is 10.6 Å². The van der Waals surface area contributed by atoms with Gasteiger partial charge in [-0.25, -0.2) is 0 Å². The van der Waals surface area contributed by atoms with E-state index in [1.807, 2.05) is 18.2 Å². The summed E-state index contributed by atoms with van der Waals surface area (Å²) in [5.41, 5.74) is 1.68. The Hall–Kier alpha value is -3.26. The van der Waals surface area contributed by atoms with Crippen LogP contribution in [0.1, 0.15) is 5.56 Å². The molecule has 0 atom stereocenters. The molecule has 0 aliphatic carbocycles. The number of amides is 2. The number of likely N-dealkylation sites (N-methyl/N-ethyl adjacent to an activating group) is 1. The molecule has 0 radical (unpaired) electrons. The van der Waals surface area contributed by atoms with Gasteiger partial charge in [0.15, 0.2) is 0 Å². The van der Waals surface area contributed by atoms with Gasteiger partial charge in [-0.1, -0.05) is 24.3 Å². The van der Waals surface area contributed by atoms with Crippen LogP contribution in [0.2, 0.25) is 0 Å². The minimum atomic E-state index is -0.519. The Balaban J connectivity index is 1.88. The molecular weight excluding hydrogens is 336 g/mol. The summed E-state index contributed by atoms with van der Waals surface area (Å²) < 4.78 is 0. The van der Waals surface area contributed by atoms with Gasteiger partial charge in [0.1, 0.15) is 0 Å². The van der Waals surface area contributed by atoms with E-state index in [-0.39, 0.29) is 30.6 Å². The molecule has 2 aromatic rings. The maximum absolute atomic E-state index is 12.1. The van der Waals surface area contributed by atoms with Crippen LogP contribution < -0.4 is 10.6 Å². The van der Waals surface area contributed by atoms with E-state index in [9.17, 15) is 19.7 Å². The predicted molar refractivity (Wildman–Crippen MR) is 99.0 cm³/mol.